The molecule has 90 valence electrons. The Morgan fingerprint density at radius 2 is 2.29 bits per heavy atom. The van der Waals surface area contributed by atoms with E-state index in [2.05, 4.69) is 20.9 Å². The molecule has 0 heterocycles. The summed E-state index contributed by atoms with van der Waals surface area (Å²) in [6.45, 7) is 1.09. The quantitative estimate of drug-likeness (QED) is 0.616. The van der Waals surface area contributed by atoms with Gasteiger partial charge in [0, 0.05) is 10.0 Å². The van der Waals surface area contributed by atoms with E-state index < -0.39 is 0 Å². The molecule has 4 heteroatoms. The van der Waals surface area contributed by atoms with Crippen LogP contribution in [0.15, 0.2) is 27.7 Å². The van der Waals surface area contributed by atoms with Gasteiger partial charge in [0.05, 0.1) is 13.2 Å². The molecule has 17 heavy (non-hydrogen) atoms. The molecule has 0 amide bonds. The first-order valence-corrected chi connectivity index (χ1v) is 6.54. The first kappa shape index (κ1) is 12.3. The highest BCUT2D eigenvalue weighted by Crippen LogP contribution is 2.29. The maximum absolute atomic E-state index is 10.2. The second-order valence-corrected chi connectivity index (χ2v) is 5.18. The predicted molar refractivity (Wildman–Crippen MR) is 68.8 cm³/mol. The fraction of sp³-hybridized carbons (Fsp3) is 0.462. The van der Waals surface area contributed by atoms with E-state index in [1.807, 2.05) is 18.2 Å². The lowest BCUT2D eigenvalue weighted by molar-refractivity contribution is 0.179. The minimum Gasteiger partial charge on any atom is -0.493 e. The summed E-state index contributed by atoms with van der Waals surface area (Å²) in [5.74, 6) is 1.51. The van der Waals surface area contributed by atoms with Gasteiger partial charge in [-0.3, -0.25) is 0 Å². The Morgan fingerprint density at radius 1 is 1.47 bits per heavy atom. The van der Waals surface area contributed by atoms with Gasteiger partial charge in [-0.05, 0) is 37.0 Å². The summed E-state index contributed by atoms with van der Waals surface area (Å²) in [7, 11) is 0. The second-order valence-electron chi connectivity index (χ2n) is 4.27. The van der Waals surface area contributed by atoms with Gasteiger partial charge in [-0.1, -0.05) is 22.4 Å². The maximum Gasteiger partial charge on any atom is 0.235 e. The number of carbonyl (C=O) groups excluding carboxylic acids is 1. The number of aliphatic imine (C=N–C) groups is 1. The molecule has 2 rings (SSSR count). The molecule has 0 unspecified atom stereocenters. The fourth-order valence-corrected chi connectivity index (χ4v) is 2.21. The largest absolute Gasteiger partial charge is 0.493 e. The number of ether oxygens (including phenoxy) is 1. The van der Waals surface area contributed by atoms with Gasteiger partial charge in [-0.2, -0.15) is 0 Å². The van der Waals surface area contributed by atoms with Gasteiger partial charge in [0.15, 0.2) is 0 Å². The van der Waals surface area contributed by atoms with Crippen LogP contribution < -0.4 is 4.74 Å². The molecule has 3 nitrogen and oxygen atoms in total. The summed E-state index contributed by atoms with van der Waals surface area (Å²) in [5.41, 5.74) is 0.919. The van der Waals surface area contributed by atoms with Crippen LogP contribution in [0.4, 0.5) is 0 Å². The first-order valence-electron chi connectivity index (χ1n) is 5.74. The number of hydrogen-bond acceptors (Lipinski definition) is 3. The van der Waals surface area contributed by atoms with Crippen molar-refractivity contribution in [2.24, 2.45) is 10.9 Å². The molecule has 0 atom stereocenters. The Labute approximate surface area is 109 Å². The third-order valence-corrected chi connectivity index (χ3v) is 3.53. The number of halogens is 1. The molecule has 0 aliphatic heterocycles. The van der Waals surface area contributed by atoms with Gasteiger partial charge in [0.2, 0.25) is 6.08 Å². The number of rotatable bonds is 5. The van der Waals surface area contributed by atoms with Crippen LogP contribution in [0.3, 0.4) is 0 Å². The molecule has 1 fully saturated rings. The van der Waals surface area contributed by atoms with Crippen LogP contribution >= 0.6 is 15.9 Å². The summed E-state index contributed by atoms with van der Waals surface area (Å²) in [6.07, 6.45) is 5.39. The van der Waals surface area contributed by atoms with Crippen LogP contribution in [-0.2, 0) is 11.3 Å². The lowest BCUT2D eigenvalue weighted by atomic mass is 9.86. The van der Waals surface area contributed by atoms with Crippen molar-refractivity contribution in [2.75, 3.05) is 6.61 Å². The van der Waals surface area contributed by atoms with E-state index in [4.69, 9.17) is 4.74 Å². The normalized spacial score (nSPS) is 14.9. The predicted octanol–water partition coefficient (Wildman–Crippen LogP) is 3.46. The Morgan fingerprint density at radius 3 is 2.94 bits per heavy atom. The Hall–Kier alpha value is -1.12. The average Bonchev–Trinajstić information content (AvgIpc) is 2.26. The lowest BCUT2D eigenvalue weighted by Gasteiger charge is -2.25. The van der Waals surface area contributed by atoms with Gasteiger partial charge < -0.3 is 4.74 Å². The van der Waals surface area contributed by atoms with Gasteiger partial charge in [-0.25, -0.2) is 9.79 Å². The third-order valence-electron chi connectivity index (χ3n) is 3.04. The third kappa shape index (κ3) is 3.42. The molecule has 1 aromatic rings. The van der Waals surface area contributed by atoms with E-state index in [1.165, 1.54) is 19.3 Å². The number of hydrogen-bond donors (Lipinski definition) is 0. The SMILES string of the molecule is O=C=NCc1cc(Br)ccc1OCC1CCC1. The first-order chi connectivity index (χ1) is 8.29. The molecule has 0 saturated heterocycles. The van der Waals surface area contributed by atoms with Crippen molar-refractivity contribution in [1.29, 1.82) is 0 Å². The highest BCUT2D eigenvalue weighted by molar-refractivity contribution is 9.10. The van der Waals surface area contributed by atoms with Crippen LogP contribution in [0.25, 0.3) is 0 Å². The summed E-state index contributed by atoms with van der Waals surface area (Å²) in [4.78, 5) is 13.8. The zero-order valence-corrected chi connectivity index (χ0v) is 11.1. The molecule has 0 spiro atoms. The molecular formula is C13H14BrNO2. The smallest absolute Gasteiger partial charge is 0.235 e. The Balaban J connectivity index is 2.04. The maximum atomic E-state index is 10.2. The number of benzene rings is 1. The lowest BCUT2D eigenvalue weighted by Crippen LogP contribution is -2.19. The second kappa shape index (κ2) is 5.99. The van der Waals surface area contributed by atoms with Gasteiger partial charge in [0.1, 0.15) is 5.75 Å². The standard InChI is InChI=1S/C13H14BrNO2/c14-12-4-5-13(11(6-12)7-15-9-16)17-8-10-2-1-3-10/h4-6,10H,1-3,7-8H2. The minimum absolute atomic E-state index is 0.322. The highest BCUT2D eigenvalue weighted by atomic mass is 79.9. The molecule has 1 aromatic carbocycles. The molecular weight excluding hydrogens is 282 g/mol. The fourth-order valence-electron chi connectivity index (χ4n) is 1.80. The molecule has 0 bridgehead atoms. The highest BCUT2D eigenvalue weighted by Gasteiger charge is 2.18. The molecule has 1 saturated carbocycles. The van der Waals surface area contributed by atoms with Crippen LogP contribution in [0, 0.1) is 5.92 Å². The average molecular weight is 296 g/mol. The van der Waals surface area contributed by atoms with Crippen molar-refractivity contribution in [2.45, 2.75) is 25.8 Å². The van der Waals surface area contributed by atoms with E-state index in [1.54, 1.807) is 6.08 Å². The van der Waals surface area contributed by atoms with E-state index in [9.17, 15) is 4.79 Å². The molecule has 0 radical (unpaired) electrons. The van der Waals surface area contributed by atoms with Crippen molar-refractivity contribution >= 4 is 22.0 Å². The number of isocyanates is 1. The van der Waals surface area contributed by atoms with Crippen LogP contribution in [-0.4, -0.2) is 12.7 Å². The van der Waals surface area contributed by atoms with Crippen molar-refractivity contribution in [3.63, 3.8) is 0 Å². The van der Waals surface area contributed by atoms with Gasteiger partial charge in [-0.15, -0.1) is 0 Å². The van der Waals surface area contributed by atoms with Crippen molar-refractivity contribution in [1.82, 2.24) is 0 Å². The zero-order chi connectivity index (χ0) is 12.1. The summed E-state index contributed by atoms with van der Waals surface area (Å²) < 4.78 is 6.75. The van der Waals surface area contributed by atoms with Crippen LogP contribution in [0.1, 0.15) is 24.8 Å². The topological polar surface area (TPSA) is 38.7 Å². The van der Waals surface area contributed by atoms with Crippen LogP contribution in [0.5, 0.6) is 5.75 Å². The minimum atomic E-state index is 0.322. The van der Waals surface area contributed by atoms with Gasteiger partial charge in [0.25, 0.3) is 0 Å². The molecule has 1 aliphatic carbocycles. The Kier molecular flexibility index (Phi) is 4.35. The van der Waals surface area contributed by atoms with E-state index in [0.717, 1.165) is 22.4 Å². The van der Waals surface area contributed by atoms with Crippen molar-refractivity contribution in [3.05, 3.63) is 28.2 Å². The van der Waals surface area contributed by atoms with Crippen LogP contribution in [0.2, 0.25) is 0 Å². The summed E-state index contributed by atoms with van der Waals surface area (Å²) in [5, 5.41) is 0. The van der Waals surface area contributed by atoms with Gasteiger partial charge >= 0.3 is 0 Å². The molecule has 0 aromatic heterocycles. The molecule has 1 aliphatic rings. The van der Waals surface area contributed by atoms with E-state index in [0.29, 0.717) is 12.5 Å². The van der Waals surface area contributed by atoms with E-state index in [-0.39, 0.29) is 0 Å². The summed E-state index contributed by atoms with van der Waals surface area (Å²) in [6, 6.07) is 5.78. The summed E-state index contributed by atoms with van der Waals surface area (Å²) >= 11 is 3.40. The Bertz CT molecular complexity index is 437. The van der Waals surface area contributed by atoms with E-state index >= 15 is 0 Å². The van der Waals surface area contributed by atoms with Crippen molar-refractivity contribution < 1.29 is 9.53 Å². The molecule has 0 N–H and O–H groups in total. The zero-order valence-electron chi connectivity index (χ0n) is 9.49. The number of nitrogens with zero attached hydrogens (tertiary/aromatic N) is 1. The van der Waals surface area contributed by atoms with Crippen molar-refractivity contribution in [3.8, 4) is 5.75 Å². The monoisotopic (exact) mass is 295 g/mol.